The average Bonchev–Trinajstić information content (AvgIpc) is 2.97. The Morgan fingerprint density at radius 3 is 1.95 bits per heavy atom. The molecule has 0 amide bonds. The standard InChI is InChI=1S/C36H32N2/c1-3-37(26-31-14-8-13-29-11-6-7-17-36(29)31)33-15-9-16-34(25-33)38(32-21-18-27(2)19-22-32)35-23-20-28-10-4-5-12-30(28)24-35/h4-25H,3,26H2,1-2H3. The molecule has 186 valence electrons. The minimum absolute atomic E-state index is 0.863. The lowest BCUT2D eigenvalue weighted by atomic mass is 10.0. The smallest absolute Gasteiger partial charge is 0.0482 e. The molecular weight excluding hydrogens is 460 g/mol. The fourth-order valence-corrected chi connectivity index (χ4v) is 5.31. The monoisotopic (exact) mass is 492 g/mol. The van der Waals surface area contributed by atoms with Gasteiger partial charge < -0.3 is 9.80 Å². The number of hydrogen-bond donors (Lipinski definition) is 0. The predicted octanol–water partition coefficient (Wildman–Crippen LogP) is 9.80. The Hall–Kier alpha value is -4.56. The van der Waals surface area contributed by atoms with E-state index in [0.717, 1.165) is 30.2 Å². The van der Waals surface area contributed by atoms with Crippen molar-refractivity contribution in [2.45, 2.75) is 20.4 Å². The summed E-state index contributed by atoms with van der Waals surface area (Å²) >= 11 is 0. The summed E-state index contributed by atoms with van der Waals surface area (Å²) in [5.41, 5.74) is 7.28. The Balaban J connectivity index is 1.41. The van der Waals surface area contributed by atoms with Gasteiger partial charge in [0.2, 0.25) is 0 Å². The fraction of sp³-hybridized carbons (Fsp3) is 0.111. The Morgan fingerprint density at radius 2 is 1.13 bits per heavy atom. The summed E-state index contributed by atoms with van der Waals surface area (Å²) in [5, 5.41) is 5.10. The zero-order valence-corrected chi connectivity index (χ0v) is 22.0. The van der Waals surface area contributed by atoms with Gasteiger partial charge >= 0.3 is 0 Å². The van der Waals surface area contributed by atoms with Crippen LogP contribution >= 0.6 is 0 Å². The van der Waals surface area contributed by atoms with Crippen molar-refractivity contribution in [1.29, 1.82) is 0 Å². The zero-order chi connectivity index (χ0) is 25.9. The Kier molecular flexibility index (Phi) is 6.54. The van der Waals surface area contributed by atoms with E-state index >= 15 is 0 Å². The van der Waals surface area contributed by atoms with Crippen molar-refractivity contribution < 1.29 is 0 Å². The minimum Gasteiger partial charge on any atom is -0.367 e. The van der Waals surface area contributed by atoms with Gasteiger partial charge in [-0.2, -0.15) is 0 Å². The van der Waals surface area contributed by atoms with Crippen molar-refractivity contribution in [1.82, 2.24) is 0 Å². The number of benzene rings is 6. The summed E-state index contributed by atoms with van der Waals surface area (Å²) in [4.78, 5) is 4.82. The first kappa shape index (κ1) is 23.8. The van der Waals surface area contributed by atoms with E-state index in [0.29, 0.717) is 0 Å². The van der Waals surface area contributed by atoms with E-state index in [9.17, 15) is 0 Å². The highest BCUT2D eigenvalue weighted by atomic mass is 15.2. The van der Waals surface area contributed by atoms with Crippen molar-refractivity contribution in [3.8, 4) is 0 Å². The Morgan fingerprint density at radius 1 is 0.500 bits per heavy atom. The molecule has 0 saturated heterocycles. The maximum atomic E-state index is 2.46. The first-order chi connectivity index (χ1) is 18.7. The molecule has 0 aliphatic carbocycles. The summed E-state index contributed by atoms with van der Waals surface area (Å²) in [5.74, 6) is 0. The highest BCUT2D eigenvalue weighted by molar-refractivity contribution is 5.90. The van der Waals surface area contributed by atoms with Crippen molar-refractivity contribution in [2.24, 2.45) is 0 Å². The topological polar surface area (TPSA) is 6.48 Å². The van der Waals surface area contributed by atoms with Gasteiger partial charge in [-0.1, -0.05) is 96.6 Å². The van der Waals surface area contributed by atoms with E-state index in [2.05, 4.69) is 157 Å². The molecule has 0 atom stereocenters. The molecule has 6 aromatic carbocycles. The second kappa shape index (κ2) is 10.4. The van der Waals surface area contributed by atoms with Gasteiger partial charge in [-0.05, 0) is 83.4 Å². The lowest BCUT2D eigenvalue weighted by Gasteiger charge is -2.29. The summed E-state index contributed by atoms with van der Waals surface area (Å²) in [6.07, 6.45) is 0. The average molecular weight is 493 g/mol. The summed E-state index contributed by atoms with van der Waals surface area (Å²) in [6.45, 7) is 6.16. The van der Waals surface area contributed by atoms with Crippen LogP contribution in [-0.4, -0.2) is 6.54 Å². The predicted molar refractivity (Wildman–Crippen MR) is 164 cm³/mol. The fourth-order valence-electron chi connectivity index (χ4n) is 5.31. The van der Waals surface area contributed by atoms with E-state index < -0.39 is 0 Å². The Labute approximate surface area is 225 Å². The van der Waals surface area contributed by atoms with Crippen molar-refractivity contribution in [2.75, 3.05) is 16.3 Å². The van der Waals surface area contributed by atoms with Gasteiger partial charge in [0.1, 0.15) is 0 Å². The molecule has 0 heterocycles. The number of hydrogen-bond acceptors (Lipinski definition) is 2. The molecule has 0 aliphatic heterocycles. The molecule has 0 fully saturated rings. The van der Waals surface area contributed by atoms with Crippen LogP contribution < -0.4 is 9.80 Å². The van der Waals surface area contributed by atoms with Crippen LogP contribution in [0, 0.1) is 6.92 Å². The molecule has 38 heavy (non-hydrogen) atoms. The van der Waals surface area contributed by atoms with Crippen molar-refractivity contribution in [3.05, 3.63) is 145 Å². The molecule has 2 nitrogen and oxygen atoms in total. The molecule has 0 saturated carbocycles. The largest absolute Gasteiger partial charge is 0.367 e. The summed E-state index contributed by atoms with van der Waals surface area (Å²) < 4.78 is 0. The van der Waals surface area contributed by atoms with Crippen LogP contribution in [0.3, 0.4) is 0 Å². The molecule has 6 aromatic rings. The second-order valence-electron chi connectivity index (χ2n) is 9.87. The van der Waals surface area contributed by atoms with E-state index in [-0.39, 0.29) is 0 Å². The maximum absolute atomic E-state index is 2.46. The van der Waals surface area contributed by atoms with Crippen LogP contribution in [0.15, 0.2) is 133 Å². The van der Waals surface area contributed by atoms with Gasteiger partial charge in [0.25, 0.3) is 0 Å². The molecule has 0 aliphatic rings. The van der Waals surface area contributed by atoms with Crippen LogP contribution in [0.4, 0.5) is 22.7 Å². The molecule has 0 N–H and O–H groups in total. The van der Waals surface area contributed by atoms with E-state index in [1.807, 2.05) is 0 Å². The molecular formula is C36H32N2. The van der Waals surface area contributed by atoms with Crippen LogP contribution in [0.25, 0.3) is 21.5 Å². The molecule has 2 heteroatoms. The quantitative estimate of drug-likeness (QED) is 0.219. The summed E-state index contributed by atoms with van der Waals surface area (Å²) in [6, 6.07) is 48.3. The first-order valence-electron chi connectivity index (χ1n) is 13.4. The zero-order valence-electron chi connectivity index (χ0n) is 22.0. The number of fused-ring (bicyclic) bond motifs is 2. The van der Waals surface area contributed by atoms with E-state index in [1.54, 1.807) is 0 Å². The third-order valence-electron chi connectivity index (χ3n) is 7.36. The van der Waals surface area contributed by atoms with Crippen LogP contribution in [0.2, 0.25) is 0 Å². The van der Waals surface area contributed by atoms with Gasteiger partial charge in [-0.3, -0.25) is 0 Å². The van der Waals surface area contributed by atoms with Crippen LogP contribution in [-0.2, 0) is 6.54 Å². The normalized spacial score (nSPS) is 11.1. The molecule has 0 unspecified atom stereocenters. The van der Waals surface area contributed by atoms with E-state index in [1.165, 1.54) is 38.4 Å². The van der Waals surface area contributed by atoms with Gasteiger partial charge in [-0.15, -0.1) is 0 Å². The van der Waals surface area contributed by atoms with Crippen molar-refractivity contribution >= 4 is 44.3 Å². The third kappa shape index (κ3) is 4.73. The van der Waals surface area contributed by atoms with Crippen LogP contribution in [0.1, 0.15) is 18.1 Å². The number of aryl methyl sites for hydroxylation is 1. The van der Waals surface area contributed by atoms with E-state index in [4.69, 9.17) is 0 Å². The van der Waals surface area contributed by atoms with Crippen LogP contribution in [0.5, 0.6) is 0 Å². The van der Waals surface area contributed by atoms with Gasteiger partial charge in [-0.25, -0.2) is 0 Å². The number of anilines is 4. The Bertz CT molecular complexity index is 1700. The number of nitrogens with zero attached hydrogens (tertiary/aromatic N) is 2. The highest BCUT2D eigenvalue weighted by Gasteiger charge is 2.15. The molecule has 0 aromatic heterocycles. The highest BCUT2D eigenvalue weighted by Crippen LogP contribution is 2.38. The van der Waals surface area contributed by atoms with Gasteiger partial charge in [0, 0.05) is 35.8 Å². The summed E-state index contributed by atoms with van der Waals surface area (Å²) in [7, 11) is 0. The third-order valence-corrected chi connectivity index (χ3v) is 7.36. The maximum Gasteiger partial charge on any atom is 0.0482 e. The first-order valence-corrected chi connectivity index (χ1v) is 13.4. The molecule has 0 radical (unpaired) electrons. The molecule has 6 rings (SSSR count). The van der Waals surface area contributed by atoms with Gasteiger partial charge in [0.15, 0.2) is 0 Å². The van der Waals surface area contributed by atoms with Gasteiger partial charge in [0.05, 0.1) is 0 Å². The molecule has 0 bridgehead atoms. The SMILES string of the molecule is CCN(Cc1cccc2ccccc12)c1cccc(N(c2ccc(C)cc2)c2ccc3ccccc3c2)c1. The lowest BCUT2D eigenvalue weighted by molar-refractivity contribution is 0.836. The van der Waals surface area contributed by atoms with Crippen molar-refractivity contribution in [3.63, 3.8) is 0 Å². The molecule has 0 spiro atoms. The lowest BCUT2D eigenvalue weighted by Crippen LogP contribution is -2.22. The second-order valence-corrected chi connectivity index (χ2v) is 9.87. The number of rotatable bonds is 7. The minimum atomic E-state index is 0.863.